The Hall–Kier alpha value is -0.610. The van der Waals surface area contributed by atoms with Gasteiger partial charge in [0.2, 0.25) is 0 Å². The molecule has 0 saturated carbocycles. The maximum absolute atomic E-state index is 11.2. The molecule has 0 spiro atoms. The Morgan fingerprint density at radius 2 is 2.43 bits per heavy atom. The van der Waals surface area contributed by atoms with Crippen LogP contribution in [-0.2, 0) is 9.53 Å². The average Bonchev–Trinajstić information content (AvgIpc) is 2.16. The molecule has 0 bridgehead atoms. The van der Waals surface area contributed by atoms with Gasteiger partial charge in [-0.2, -0.15) is 0 Å². The molecule has 82 valence electrons. The number of hydrogen-bond acceptors (Lipinski definition) is 4. The zero-order valence-electron chi connectivity index (χ0n) is 9.25. The largest absolute Gasteiger partial charge is 0.469 e. The molecule has 14 heavy (non-hydrogen) atoms. The van der Waals surface area contributed by atoms with Crippen molar-refractivity contribution in [1.29, 1.82) is 0 Å². The third-order valence-electron chi connectivity index (χ3n) is 2.59. The van der Waals surface area contributed by atoms with Crippen molar-refractivity contribution in [1.82, 2.24) is 10.2 Å². The molecule has 1 fully saturated rings. The minimum absolute atomic E-state index is 0.0229. The smallest absolute Gasteiger partial charge is 0.309 e. The van der Waals surface area contributed by atoms with Crippen LogP contribution in [0.2, 0.25) is 0 Å². The molecule has 1 aliphatic heterocycles. The number of nitrogens with one attached hydrogen (secondary N) is 1. The van der Waals surface area contributed by atoms with E-state index in [9.17, 15) is 4.79 Å². The van der Waals surface area contributed by atoms with E-state index in [0.717, 1.165) is 26.2 Å². The van der Waals surface area contributed by atoms with Crippen molar-refractivity contribution in [3.8, 4) is 0 Å². The number of esters is 1. The van der Waals surface area contributed by atoms with Crippen LogP contribution in [0.4, 0.5) is 0 Å². The molecule has 2 atom stereocenters. The Labute approximate surface area is 85.6 Å². The first-order valence-corrected chi connectivity index (χ1v) is 5.17. The summed E-state index contributed by atoms with van der Waals surface area (Å²) in [5.41, 5.74) is 0. The lowest BCUT2D eigenvalue weighted by molar-refractivity contribution is -0.145. The molecule has 0 radical (unpaired) electrons. The fourth-order valence-corrected chi connectivity index (χ4v) is 1.84. The summed E-state index contributed by atoms with van der Waals surface area (Å²) < 4.78 is 4.70. The summed E-state index contributed by atoms with van der Waals surface area (Å²) in [6.07, 6.45) is 0. The Kier molecular flexibility index (Phi) is 4.35. The molecule has 4 heteroatoms. The van der Waals surface area contributed by atoms with Gasteiger partial charge in [-0.3, -0.25) is 9.69 Å². The minimum atomic E-state index is -0.115. The van der Waals surface area contributed by atoms with Gasteiger partial charge in [-0.1, -0.05) is 6.92 Å². The van der Waals surface area contributed by atoms with Crippen molar-refractivity contribution in [2.24, 2.45) is 5.92 Å². The Balaban J connectivity index is 2.32. The van der Waals surface area contributed by atoms with Crippen LogP contribution in [0.1, 0.15) is 13.8 Å². The summed E-state index contributed by atoms with van der Waals surface area (Å²) in [5, 5.41) is 3.37. The molecule has 0 aromatic rings. The lowest BCUT2D eigenvalue weighted by Gasteiger charge is -2.32. The van der Waals surface area contributed by atoms with Gasteiger partial charge in [-0.05, 0) is 6.92 Å². The summed E-state index contributed by atoms with van der Waals surface area (Å²) in [5.74, 6) is -0.138. The van der Waals surface area contributed by atoms with Crippen LogP contribution >= 0.6 is 0 Å². The highest BCUT2D eigenvalue weighted by atomic mass is 16.5. The maximum Gasteiger partial charge on any atom is 0.309 e. The summed E-state index contributed by atoms with van der Waals surface area (Å²) in [6, 6.07) is 0.522. The molecule has 1 saturated heterocycles. The van der Waals surface area contributed by atoms with Gasteiger partial charge in [0.15, 0.2) is 0 Å². The van der Waals surface area contributed by atoms with Crippen LogP contribution in [0.5, 0.6) is 0 Å². The second kappa shape index (κ2) is 5.32. The van der Waals surface area contributed by atoms with E-state index in [1.807, 2.05) is 6.92 Å². The fourth-order valence-electron chi connectivity index (χ4n) is 1.84. The van der Waals surface area contributed by atoms with Crippen molar-refractivity contribution < 1.29 is 9.53 Å². The number of ether oxygens (including phenoxy) is 1. The number of carbonyl (C=O) groups is 1. The molecular weight excluding hydrogens is 180 g/mol. The second-order valence-electron chi connectivity index (χ2n) is 4.04. The van der Waals surface area contributed by atoms with E-state index in [1.165, 1.54) is 7.11 Å². The van der Waals surface area contributed by atoms with Crippen molar-refractivity contribution >= 4 is 5.97 Å². The van der Waals surface area contributed by atoms with Crippen LogP contribution < -0.4 is 5.32 Å². The first-order valence-electron chi connectivity index (χ1n) is 5.17. The normalized spacial score (nSPS) is 25.8. The Morgan fingerprint density at radius 3 is 3.00 bits per heavy atom. The van der Waals surface area contributed by atoms with Crippen molar-refractivity contribution in [3.05, 3.63) is 0 Å². The molecule has 1 heterocycles. The topological polar surface area (TPSA) is 41.6 Å². The van der Waals surface area contributed by atoms with Crippen molar-refractivity contribution in [2.75, 3.05) is 33.3 Å². The van der Waals surface area contributed by atoms with Crippen molar-refractivity contribution in [2.45, 2.75) is 19.9 Å². The zero-order chi connectivity index (χ0) is 10.6. The fraction of sp³-hybridized carbons (Fsp3) is 0.900. The van der Waals surface area contributed by atoms with E-state index in [4.69, 9.17) is 4.74 Å². The number of hydrogen-bond donors (Lipinski definition) is 1. The number of nitrogens with zero attached hydrogens (tertiary/aromatic N) is 1. The number of rotatable bonds is 3. The van der Waals surface area contributed by atoms with E-state index in [1.54, 1.807) is 0 Å². The molecule has 1 unspecified atom stereocenters. The van der Waals surface area contributed by atoms with Crippen LogP contribution in [-0.4, -0.2) is 50.2 Å². The first kappa shape index (κ1) is 11.5. The predicted octanol–water partition coefficient (Wildman–Crippen LogP) is 0.0892. The van der Waals surface area contributed by atoms with Gasteiger partial charge in [0.05, 0.1) is 13.0 Å². The summed E-state index contributed by atoms with van der Waals surface area (Å²) in [4.78, 5) is 13.5. The second-order valence-corrected chi connectivity index (χ2v) is 4.04. The minimum Gasteiger partial charge on any atom is -0.469 e. The third-order valence-corrected chi connectivity index (χ3v) is 2.59. The number of carbonyl (C=O) groups excluding carboxylic acids is 1. The SMILES string of the molecule is COC(=O)C(C)CN1CCN[C@H](C)C1. The molecular formula is C10H20N2O2. The number of piperazine rings is 1. The molecule has 0 aromatic carbocycles. The highest BCUT2D eigenvalue weighted by Crippen LogP contribution is 2.05. The highest BCUT2D eigenvalue weighted by molar-refractivity contribution is 5.72. The molecule has 1 aliphatic rings. The lowest BCUT2D eigenvalue weighted by atomic mass is 10.1. The molecule has 4 nitrogen and oxygen atoms in total. The van der Waals surface area contributed by atoms with E-state index in [-0.39, 0.29) is 11.9 Å². The van der Waals surface area contributed by atoms with E-state index < -0.39 is 0 Å². The van der Waals surface area contributed by atoms with Crippen LogP contribution in [0, 0.1) is 5.92 Å². The highest BCUT2D eigenvalue weighted by Gasteiger charge is 2.21. The molecule has 1 rings (SSSR count). The van der Waals surface area contributed by atoms with E-state index >= 15 is 0 Å². The number of methoxy groups -OCH3 is 1. The van der Waals surface area contributed by atoms with E-state index in [2.05, 4.69) is 17.1 Å². The van der Waals surface area contributed by atoms with Gasteiger partial charge in [0.25, 0.3) is 0 Å². The lowest BCUT2D eigenvalue weighted by Crippen LogP contribution is -2.50. The molecule has 0 amide bonds. The van der Waals surface area contributed by atoms with Gasteiger partial charge >= 0.3 is 5.97 Å². The Morgan fingerprint density at radius 1 is 1.71 bits per heavy atom. The van der Waals surface area contributed by atoms with E-state index in [0.29, 0.717) is 6.04 Å². The third kappa shape index (κ3) is 3.27. The first-order chi connectivity index (χ1) is 6.63. The average molecular weight is 200 g/mol. The van der Waals surface area contributed by atoms with Gasteiger partial charge < -0.3 is 10.1 Å². The monoisotopic (exact) mass is 200 g/mol. The quantitative estimate of drug-likeness (QED) is 0.656. The van der Waals surface area contributed by atoms with Crippen LogP contribution in [0.15, 0.2) is 0 Å². The standard InChI is InChI=1S/C10H20N2O2/c1-8(10(13)14-3)6-12-5-4-11-9(2)7-12/h8-9,11H,4-7H2,1-3H3/t8?,9-/m1/s1. The van der Waals surface area contributed by atoms with Crippen LogP contribution in [0.25, 0.3) is 0 Å². The van der Waals surface area contributed by atoms with Gasteiger partial charge in [-0.25, -0.2) is 0 Å². The summed E-state index contributed by atoms with van der Waals surface area (Å²) in [6.45, 7) is 7.92. The summed E-state index contributed by atoms with van der Waals surface area (Å²) in [7, 11) is 1.44. The molecule has 0 aliphatic carbocycles. The van der Waals surface area contributed by atoms with Crippen molar-refractivity contribution in [3.63, 3.8) is 0 Å². The van der Waals surface area contributed by atoms with Gasteiger partial charge in [0, 0.05) is 32.2 Å². The summed E-state index contributed by atoms with van der Waals surface area (Å²) >= 11 is 0. The van der Waals surface area contributed by atoms with Crippen LogP contribution in [0.3, 0.4) is 0 Å². The maximum atomic E-state index is 11.2. The molecule has 1 N–H and O–H groups in total. The predicted molar refractivity (Wildman–Crippen MR) is 55.1 cm³/mol. The van der Waals surface area contributed by atoms with Gasteiger partial charge in [-0.15, -0.1) is 0 Å². The zero-order valence-corrected chi connectivity index (χ0v) is 9.25. The Bertz CT molecular complexity index is 197. The van der Waals surface area contributed by atoms with Gasteiger partial charge in [0.1, 0.15) is 0 Å². The molecule has 0 aromatic heterocycles.